The van der Waals surface area contributed by atoms with Gasteiger partial charge in [-0.2, -0.15) is 5.26 Å². The van der Waals surface area contributed by atoms with E-state index in [2.05, 4.69) is 35.5 Å². The molecule has 0 aromatic heterocycles. The second-order valence-corrected chi connectivity index (χ2v) is 6.08. The number of nitrogens with one attached hydrogen (secondary N) is 2. The summed E-state index contributed by atoms with van der Waals surface area (Å²) < 4.78 is 0. The number of guanidine groups is 1. The average Bonchev–Trinajstić information content (AvgIpc) is 2.58. The summed E-state index contributed by atoms with van der Waals surface area (Å²) in [6.07, 6.45) is 3.47. The van der Waals surface area contributed by atoms with Crippen LogP contribution < -0.4 is 10.6 Å². The van der Waals surface area contributed by atoms with Crippen molar-refractivity contribution >= 4 is 5.96 Å². The van der Waals surface area contributed by atoms with Crippen LogP contribution in [0.25, 0.3) is 0 Å². The third-order valence-electron chi connectivity index (χ3n) is 3.86. The Balaban J connectivity index is 2.68. The minimum absolute atomic E-state index is 0.494. The molecule has 0 heterocycles. The molecule has 0 unspecified atom stereocenters. The van der Waals surface area contributed by atoms with Crippen molar-refractivity contribution < 1.29 is 5.11 Å². The smallest absolute Gasteiger partial charge is 0.191 e. The molecule has 132 valence electrons. The Morgan fingerprint density at radius 1 is 1.12 bits per heavy atom. The van der Waals surface area contributed by atoms with Crippen LogP contribution in [-0.4, -0.2) is 29.8 Å². The van der Waals surface area contributed by atoms with Crippen LogP contribution in [-0.2, 0) is 6.54 Å². The topological polar surface area (TPSA) is 80.4 Å². The van der Waals surface area contributed by atoms with Crippen LogP contribution in [0.3, 0.4) is 0 Å². The zero-order valence-corrected chi connectivity index (χ0v) is 15.1. The Morgan fingerprint density at radius 3 is 2.25 bits per heavy atom. The summed E-state index contributed by atoms with van der Waals surface area (Å²) in [5.74, 6) is 0.701. The fraction of sp³-hybridized carbons (Fsp3) is 0.579. The highest BCUT2D eigenvalue weighted by Gasteiger charge is 2.24. The van der Waals surface area contributed by atoms with Crippen molar-refractivity contribution in [3.63, 3.8) is 0 Å². The number of rotatable bonds is 9. The highest BCUT2D eigenvalue weighted by atomic mass is 16.3. The molecule has 24 heavy (non-hydrogen) atoms. The molecule has 0 amide bonds. The second kappa shape index (κ2) is 10.7. The Hall–Kier alpha value is -2.06. The predicted molar refractivity (Wildman–Crippen MR) is 98.7 cm³/mol. The third-order valence-corrected chi connectivity index (χ3v) is 3.86. The first kappa shape index (κ1) is 20.0. The van der Waals surface area contributed by atoms with Gasteiger partial charge in [-0.05, 0) is 37.5 Å². The van der Waals surface area contributed by atoms with Crippen molar-refractivity contribution in [1.29, 1.82) is 5.26 Å². The largest absolute Gasteiger partial charge is 0.388 e. The van der Waals surface area contributed by atoms with Gasteiger partial charge in [0, 0.05) is 13.1 Å². The van der Waals surface area contributed by atoms with E-state index in [1.54, 1.807) is 12.1 Å². The highest BCUT2D eigenvalue weighted by molar-refractivity contribution is 5.79. The van der Waals surface area contributed by atoms with Gasteiger partial charge in [-0.25, -0.2) is 4.99 Å². The van der Waals surface area contributed by atoms with Gasteiger partial charge in [0.2, 0.25) is 0 Å². The molecule has 0 spiro atoms. The summed E-state index contributed by atoms with van der Waals surface area (Å²) in [4.78, 5) is 4.56. The van der Waals surface area contributed by atoms with Crippen molar-refractivity contribution in [2.75, 3.05) is 13.1 Å². The molecule has 5 nitrogen and oxygen atoms in total. The van der Waals surface area contributed by atoms with E-state index < -0.39 is 5.60 Å². The van der Waals surface area contributed by atoms with E-state index >= 15 is 0 Å². The summed E-state index contributed by atoms with van der Waals surface area (Å²) in [6.45, 7) is 7.98. The number of hydrogen-bond donors (Lipinski definition) is 3. The van der Waals surface area contributed by atoms with Gasteiger partial charge < -0.3 is 15.7 Å². The highest BCUT2D eigenvalue weighted by Crippen LogP contribution is 2.18. The van der Waals surface area contributed by atoms with Gasteiger partial charge in [-0.1, -0.05) is 38.8 Å². The van der Waals surface area contributed by atoms with E-state index in [0.29, 0.717) is 24.6 Å². The summed E-state index contributed by atoms with van der Waals surface area (Å²) in [6, 6.07) is 9.53. The van der Waals surface area contributed by atoms with Crippen LogP contribution in [0.2, 0.25) is 0 Å². The number of aliphatic imine (C=N–C) groups is 1. The Morgan fingerprint density at radius 2 is 1.75 bits per heavy atom. The monoisotopic (exact) mass is 330 g/mol. The lowest BCUT2D eigenvalue weighted by atomic mass is 9.93. The SMILES string of the molecule is CCCC(O)(CCC)CNC(=NCc1ccc(C#N)cc1)NCC. The number of nitriles is 1. The van der Waals surface area contributed by atoms with E-state index in [4.69, 9.17) is 5.26 Å². The normalized spacial score (nSPS) is 11.9. The summed E-state index contributed by atoms with van der Waals surface area (Å²) in [7, 11) is 0. The third kappa shape index (κ3) is 7.01. The molecule has 0 aliphatic rings. The molecule has 1 aromatic rings. The van der Waals surface area contributed by atoms with Crippen LogP contribution >= 0.6 is 0 Å². The molecule has 0 bridgehead atoms. The zero-order valence-electron chi connectivity index (χ0n) is 15.1. The van der Waals surface area contributed by atoms with Gasteiger partial charge in [-0.3, -0.25) is 0 Å². The summed E-state index contributed by atoms with van der Waals surface area (Å²) in [5, 5.41) is 26.0. The number of hydrogen-bond acceptors (Lipinski definition) is 3. The van der Waals surface area contributed by atoms with Gasteiger partial charge in [0.25, 0.3) is 0 Å². The van der Waals surface area contributed by atoms with E-state index in [-0.39, 0.29) is 0 Å². The molecule has 0 saturated carbocycles. The van der Waals surface area contributed by atoms with Gasteiger partial charge in [0.15, 0.2) is 5.96 Å². The maximum Gasteiger partial charge on any atom is 0.191 e. The summed E-state index contributed by atoms with van der Waals surface area (Å²) >= 11 is 0. The molecule has 1 rings (SSSR count). The first-order valence-corrected chi connectivity index (χ1v) is 8.80. The standard InChI is InChI=1S/C19H30N4O/c1-4-11-19(24,12-5-2)15-23-18(21-6-3)22-14-17-9-7-16(13-20)8-10-17/h7-10,24H,4-6,11-12,14-15H2,1-3H3,(H2,21,22,23). The zero-order chi connectivity index (χ0) is 17.8. The molecular formula is C19H30N4O. The number of benzene rings is 1. The van der Waals surface area contributed by atoms with E-state index in [1.807, 2.05) is 19.1 Å². The molecule has 0 radical (unpaired) electrons. The first-order valence-electron chi connectivity index (χ1n) is 8.80. The molecule has 5 heteroatoms. The lowest BCUT2D eigenvalue weighted by molar-refractivity contribution is 0.0257. The van der Waals surface area contributed by atoms with Crippen molar-refractivity contribution in [1.82, 2.24) is 10.6 Å². The fourth-order valence-corrected chi connectivity index (χ4v) is 2.68. The van der Waals surface area contributed by atoms with Crippen LogP contribution in [0.15, 0.2) is 29.3 Å². The van der Waals surface area contributed by atoms with Gasteiger partial charge in [0.1, 0.15) is 0 Å². The van der Waals surface area contributed by atoms with Crippen molar-refractivity contribution in [2.24, 2.45) is 4.99 Å². The quantitative estimate of drug-likeness (QED) is 0.480. The number of nitrogens with zero attached hydrogens (tertiary/aromatic N) is 2. The van der Waals surface area contributed by atoms with Crippen LogP contribution in [0, 0.1) is 11.3 Å². The van der Waals surface area contributed by atoms with Crippen molar-refractivity contribution in [3.8, 4) is 6.07 Å². The van der Waals surface area contributed by atoms with Crippen LogP contribution in [0.4, 0.5) is 0 Å². The Bertz CT molecular complexity index is 539. The lowest BCUT2D eigenvalue weighted by Crippen LogP contribution is -2.47. The minimum Gasteiger partial charge on any atom is -0.388 e. The lowest BCUT2D eigenvalue weighted by Gasteiger charge is -2.28. The van der Waals surface area contributed by atoms with E-state index in [1.165, 1.54) is 0 Å². The van der Waals surface area contributed by atoms with Gasteiger partial charge in [-0.15, -0.1) is 0 Å². The Kier molecular flexibility index (Phi) is 8.88. The molecule has 3 N–H and O–H groups in total. The Labute approximate surface area is 145 Å². The summed E-state index contributed by atoms with van der Waals surface area (Å²) in [5.41, 5.74) is 1.01. The molecular weight excluding hydrogens is 300 g/mol. The van der Waals surface area contributed by atoms with Crippen molar-refractivity contribution in [3.05, 3.63) is 35.4 Å². The molecule has 1 aromatic carbocycles. The average molecular weight is 330 g/mol. The van der Waals surface area contributed by atoms with Crippen LogP contribution in [0.1, 0.15) is 57.6 Å². The first-order chi connectivity index (χ1) is 11.6. The minimum atomic E-state index is -0.686. The van der Waals surface area contributed by atoms with Gasteiger partial charge >= 0.3 is 0 Å². The maximum absolute atomic E-state index is 10.7. The molecule has 0 aliphatic carbocycles. The fourth-order valence-electron chi connectivity index (χ4n) is 2.68. The molecule has 0 saturated heterocycles. The number of aliphatic hydroxyl groups is 1. The maximum atomic E-state index is 10.7. The molecule has 0 fully saturated rings. The predicted octanol–water partition coefficient (Wildman–Crippen LogP) is 2.94. The second-order valence-electron chi connectivity index (χ2n) is 6.08. The van der Waals surface area contributed by atoms with E-state index in [0.717, 1.165) is 37.8 Å². The molecule has 0 aliphatic heterocycles. The van der Waals surface area contributed by atoms with E-state index in [9.17, 15) is 5.11 Å². The van der Waals surface area contributed by atoms with Crippen LogP contribution in [0.5, 0.6) is 0 Å². The van der Waals surface area contributed by atoms with Crippen molar-refractivity contribution in [2.45, 2.75) is 58.6 Å². The molecule has 0 atom stereocenters. The van der Waals surface area contributed by atoms with Gasteiger partial charge in [0.05, 0.1) is 23.8 Å².